The highest BCUT2D eigenvalue weighted by molar-refractivity contribution is 7.59. The van der Waals surface area contributed by atoms with Gasteiger partial charge in [0.05, 0.1) is 12.1 Å². The van der Waals surface area contributed by atoms with Crippen LogP contribution in [0.3, 0.4) is 0 Å². The third kappa shape index (κ3) is 6.35. The smallest absolute Gasteiger partial charge is 0.223 e. The van der Waals surface area contributed by atoms with Gasteiger partial charge in [0.2, 0.25) is 5.91 Å². The minimum Gasteiger partial charge on any atom is -0.504 e. The highest BCUT2D eigenvalue weighted by Crippen LogP contribution is 2.35. The fourth-order valence-corrected chi connectivity index (χ4v) is 4.16. The largest absolute Gasteiger partial charge is 0.504 e. The van der Waals surface area contributed by atoms with Crippen LogP contribution < -0.4 is 15.4 Å². The number of fused-ring (bicyclic) bond motifs is 2. The summed E-state index contributed by atoms with van der Waals surface area (Å²) in [5, 5.41) is 17.7. The lowest BCUT2D eigenvalue weighted by Crippen LogP contribution is -2.36. The molecule has 4 rings (SSSR count). The number of anilines is 2. The second-order valence-corrected chi connectivity index (χ2v) is 9.19. The number of aromatic nitrogens is 2. The number of Topliss-reactive ketones (excluding diaryl/α,β-unsaturated/α-hetero) is 1. The van der Waals surface area contributed by atoms with Gasteiger partial charge in [-0.1, -0.05) is 31.5 Å². The van der Waals surface area contributed by atoms with Crippen molar-refractivity contribution >= 4 is 59.2 Å². The maximum absolute atomic E-state index is 13.0. The Morgan fingerprint density at radius 1 is 1.17 bits per heavy atom. The first-order valence-corrected chi connectivity index (χ1v) is 11.6. The third-order valence-electron chi connectivity index (χ3n) is 5.90. The predicted molar refractivity (Wildman–Crippen MR) is 141 cm³/mol. The molecule has 8 nitrogen and oxygen atoms in total. The first kappa shape index (κ1) is 26.6. The summed E-state index contributed by atoms with van der Waals surface area (Å²) in [6, 6.07) is 8.45. The van der Waals surface area contributed by atoms with E-state index in [0.717, 1.165) is 5.56 Å². The molecule has 186 valence electrons. The van der Waals surface area contributed by atoms with Crippen molar-refractivity contribution in [3.05, 3.63) is 47.2 Å². The number of aromatic hydroxyl groups is 1. The first-order valence-electron chi connectivity index (χ1n) is 11.3. The number of hydrogen-bond donors (Lipinski definition) is 3. The highest BCUT2D eigenvalue weighted by atomic mass is 35.5. The summed E-state index contributed by atoms with van der Waals surface area (Å²) in [5.74, 6) is 0.162. The number of carbonyl (C=O) groups excluding carboxylic acids is 2. The van der Waals surface area contributed by atoms with Gasteiger partial charge < -0.3 is 20.5 Å². The monoisotopic (exact) mass is 516 g/mol. The number of benzene rings is 2. The van der Waals surface area contributed by atoms with E-state index in [2.05, 4.69) is 20.6 Å². The molecule has 0 radical (unpaired) electrons. The van der Waals surface area contributed by atoms with Crippen molar-refractivity contribution in [3.8, 4) is 11.5 Å². The molecule has 1 atom stereocenters. The number of nitrogens with zero attached hydrogens (tertiary/aromatic N) is 2. The van der Waals surface area contributed by atoms with Crippen LogP contribution in [0.5, 0.6) is 11.5 Å². The lowest BCUT2D eigenvalue weighted by Gasteiger charge is -2.20. The molecule has 2 bridgehead atoms. The van der Waals surface area contributed by atoms with Crippen molar-refractivity contribution < 1.29 is 19.4 Å². The van der Waals surface area contributed by atoms with E-state index in [0.29, 0.717) is 52.8 Å². The van der Waals surface area contributed by atoms with Crippen molar-refractivity contribution in [2.24, 2.45) is 11.8 Å². The van der Waals surface area contributed by atoms with Gasteiger partial charge in [-0.25, -0.2) is 9.97 Å². The zero-order chi connectivity index (χ0) is 24.2. The average molecular weight is 517 g/mol. The summed E-state index contributed by atoms with van der Waals surface area (Å²) < 4.78 is 5.78. The number of nitrogens with one attached hydrogen (secondary N) is 2. The number of ether oxygens (including phenoxy) is 1. The molecule has 2 aromatic carbocycles. The van der Waals surface area contributed by atoms with Crippen LogP contribution in [0.1, 0.15) is 32.3 Å². The van der Waals surface area contributed by atoms with Gasteiger partial charge in [-0.05, 0) is 36.1 Å². The van der Waals surface area contributed by atoms with Gasteiger partial charge in [0.25, 0.3) is 0 Å². The molecule has 1 aliphatic heterocycles. The molecule has 10 heteroatoms. The van der Waals surface area contributed by atoms with Gasteiger partial charge in [-0.15, -0.1) is 0 Å². The Morgan fingerprint density at radius 2 is 1.97 bits per heavy atom. The predicted octanol–water partition coefficient (Wildman–Crippen LogP) is 4.52. The number of rotatable bonds is 1. The number of carbonyl (C=O) groups is 2. The normalized spacial score (nSPS) is 17.1. The van der Waals surface area contributed by atoms with Crippen molar-refractivity contribution in [2.45, 2.75) is 33.1 Å². The molecule has 0 unspecified atom stereocenters. The van der Waals surface area contributed by atoms with Crippen molar-refractivity contribution in [3.63, 3.8) is 0 Å². The summed E-state index contributed by atoms with van der Waals surface area (Å²) in [6.45, 7) is 4.57. The van der Waals surface area contributed by atoms with E-state index in [1.54, 1.807) is 24.3 Å². The molecular formula is C25H29ClN4O4S. The highest BCUT2D eigenvalue weighted by Gasteiger charge is 2.25. The summed E-state index contributed by atoms with van der Waals surface area (Å²) in [7, 11) is 0. The van der Waals surface area contributed by atoms with Crippen LogP contribution in [-0.4, -0.2) is 39.9 Å². The van der Waals surface area contributed by atoms with E-state index in [4.69, 9.17) is 16.3 Å². The van der Waals surface area contributed by atoms with Gasteiger partial charge in [0, 0.05) is 47.5 Å². The van der Waals surface area contributed by atoms with Crippen LogP contribution >= 0.6 is 25.1 Å². The number of amides is 1. The van der Waals surface area contributed by atoms with Crippen molar-refractivity contribution in [1.29, 1.82) is 0 Å². The minimum absolute atomic E-state index is 0. The standard InChI is InChI=1S/C25H27ClN4O4.H2S/c1-14(2)18-10-17(31)8-15-4-5-16(26)9-20(15)30-24-19-11-23(34-7-3-6-27-25(18)33)22(32)12-21(19)28-13-29-24;/h4-5,9,11-14,18,32H,3,6-8,10H2,1-2H3,(H,27,33)(H,28,29,30);1H2/t18-;/m0./s1. The maximum Gasteiger partial charge on any atom is 0.223 e. The van der Waals surface area contributed by atoms with Gasteiger partial charge in [-0.3, -0.25) is 9.59 Å². The summed E-state index contributed by atoms with van der Waals surface area (Å²) in [4.78, 5) is 34.4. The summed E-state index contributed by atoms with van der Waals surface area (Å²) in [5.41, 5.74) is 1.90. The van der Waals surface area contributed by atoms with Crippen LogP contribution in [0, 0.1) is 11.8 Å². The molecule has 0 aliphatic carbocycles. The molecule has 3 N–H and O–H groups in total. The minimum atomic E-state index is -0.423. The number of phenolic OH excluding ortho intramolecular Hbond substituents is 1. The molecule has 1 aliphatic rings. The SMILES string of the molecule is CC(C)[C@@H]1CC(=O)Cc2ccc(Cl)cc2Nc2ncnc3cc(O)c(cc23)OCCCNC1=O.S. The second kappa shape index (κ2) is 11.6. The zero-order valence-corrected chi connectivity index (χ0v) is 21.4. The van der Waals surface area contributed by atoms with E-state index >= 15 is 0 Å². The van der Waals surface area contributed by atoms with Crippen LogP contribution in [-0.2, 0) is 16.0 Å². The molecule has 0 saturated heterocycles. The number of phenols is 1. The van der Waals surface area contributed by atoms with E-state index in [1.165, 1.54) is 12.4 Å². The molecular weight excluding hydrogens is 488 g/mol. The molecule has 3 aromatic rings. The maximum atomic E-state index is 13.0. The topological polar surface area (TPSA) is 113 Å². The zero-order valence-electron chi connectivity index (χ0n) is 19.6. The number of halogens is 1. The Kier molecular flexibility index (Phi) is 8.80. The lowest BCUT2D eigenvalue weighted by atomic mass is 9.88. The molecule has 1 amide bonds. The quantitative estimate of drug-likeness (QED) is 0.436. The van der Waals surface area contributed by atoms with Gasteiger partial charge in [0.15, 0.2) is 11.5 Å². The van der Waals surface area contributed by atoms with Crippen LogP contribution in [0.15, 0.2) is 36.7 Å². The van der Waals surface area contributed by atoms with Crippen molar-refractivity contribution in [2.75, 3.05) is 18.5 Å². The van der Waals surface area contributed by atoms with Crippen LogP contribution in [0.25, 0.3) is 10.9 Å². The van der Waals surface area contributed by atoms with E-state index in [1.807, 2.05) is 13.8 Å². The molecule has 2 heterocycles. The molecule has 0 fully saturated rings. The fourth-order valence-electron chi connectivity index (χ4n) is 3.99. The van der Waals surface area contributed by atoms with Crippen LogP contribution in [0.2, 0.25) is 5.02 Å². The van der Waals surface area contributed by atoms with E-state index < -0.39 is 5.92 Å². The summed E-state index contributed by atoms with van der Waals surface area (Å²) in [6.07, 6.45) is 2.23. The van der Waals surface area contributed by atoms with Gasteiger partial charge >= 0.3 is 0 Å². The Morgan fingerprint density at radius 3 is 2.74 bits per heavy atom. The van der Waals surface area contributed by atoms with E-state index in [-0.39, 0.29) is 49.7 Å². The second-order valence-electron chi connectivity index (χ2n) is 8.75. The molecule has 0 saturated carbocycles. The Hall–Kier alpha value is -3.04. The fraction of sp³-hybridized carbons (Fsp3) is 0.360. The van der Waals surface area contributed by atoms with Gasteiger partial charge in [0.1, 0.15) is 17.9 Å². The molecule has 0 spiro atoms. The molecule has 1 aromatic heterocycles. The lowest BCUT2D eigenvalue weighted by molar-refractivity contribution is -0.130. The van der Waals surface area contributed by atoms with Crippen molar-refractivity contribution in [1.82, 2.24) is 15.3 Å². The Labute approximate surface area is 215 Å². The number of hydrogen-bond acceptors (Lipinski definition) is 7. The average Bonchev–Trinajstić information content (AvgIpc) is 2.79. The Bertz CT molecular complexity index is 1240. The Balaban J connectivity index is 0.00000342. The van der Waals surface area contributed by atoms with Crippen LogP contribution in [0.4, 0.5) is 11.5 Å². The third-order valence-corrected chi connectivity index (χ3v) is 6.13. The van der Waals surface area contributed by atoms with E-state index in [9.17, 15) is 14.7 Å². The first-order chi connectivity index (χ1) is 16.3. The summed E-state index contributed by atoms with van der Waals surface area (Å²) >= 11 is 6.25. The molecule has 35 heavy (non-hydrogen) atoms. The number of ketones is 1. The van der Waals surface area contributed by atoms with Gasteiger partial charge in [-0.2, -0.15) is 13.5 Å².